The average molecular weight is 166 g/mol. The molecule has 1 saturated carbocycles. The first-order valence-electron chi connectivity index (χ1n) is 4.49. The fourth-order valence-electron chi connectivity index (χ4n) is 2.03. The molecule has 0 saturated heterocycles. The zero-order valence-corrected chi connectivity index (χ0v) is 7.32. The minimum absolute atomic E-state index is 0.152. The van der Waals surface area contributed by atoms with Gasteiger partial charge in [-0.25, -0.2) is 0 Å². The molecule has 3 heteroatoms. The largest absolute Gasteiger partial charge is 0.492 e. The monoisotopic (exact) mass is 166 g/mol. The molecule has 0 spiro atoms. The molecule has 1 heterocycles. The van der Waals surface area contributed by atoms with Crippen LogP contribution in [0.1, 0.15) is 37.4 Å². The van der Waals surface area contributed by atoms with Gasteiger partial charge in [0.05, 0.1) is 6.20 Å². The third-order valence-corrected chi connectivity index (χ3v) is 2.62. The van der Waals surface area contributed by atoms with Crippen molar-refractivity contribution in [3.63, 3.8) is 0 Å². The summed E-state index contributed by atoms with van der Waals surface area (Å²) >= 11 is 0. The van der Waals surface area contributed by atoms with Gasteiger partial charge in [0.25, 0.3) is 0 Å². The first kappa shape index (κ1) is 7.65. The summed E-state index contributed by atoms with van der Waals surface area (Å²) in [4.78, 5) is 4.11. The molecule has 1 aromatic heterocycles. The van der Waals surface area contributed by atoms with E-state index in [1.54, 1.807) is 6.20 Å². The fourth-order valence-corrected chi connectivity index (χ4v) is 2.03. The van der Waals surface area contributed by atoms with Crippen LogP contribution in [0.4, 0.5) is 0 Å². The van der Waals surface area contributed by atoms with Gasteiger partial charge in [-0.15, -0.1) is 0 Å². The molecule has 0 atom stereocenters. The summed E-state index contributed by atoms with van der Waals surface area (Å²) < 4.78 is 1.94. The summed E-state index contributed by atoms with van der Waals surface area (Å²) in [6, 6.07) is 0. The van der Waals surface area contributed by atoms with E-state index >= 15 is 0 Å². The lowest BCUT2D eigenvalue weighted by molar-refractivity contribution is 0.454. The third kappa shape index (κ3) is 1.19. The highest BCUT2D eigenvalue weighted by atomic mass is 16.3. The minimum Gasteiger partial charge on any atom is -0.492 e. The minimum atomic E-state index is 0.152. The maximum atomic E-state index is 9.16. The van der Waals surface area contributed by atoms with Crippen molar-refractivity contribution < 1.29 is 5.11 Å². The molecule has 0 unspecified atom stereocenters. The number of aromatic nitrogens is 2. The van der Waals surface area contributed by atoms with Gasteiger partial charge in [-0.1, -0.05) is 12.8 Å². The van der Waals surface area contributed by atoms with E-state index in [4.69, 9.17) is 5.11 Å². The predicted octanol–water partition coefficient (Wildman–Crippen LogP) is 1.78. The van der Waals surface area contributed by atoms with Crippen LogP contribution in [0.15, 0.2) is 6.20 Å². The van der Waals surface area contributed by atoms with Crippen molar-refractivity contribution in [2.75, 3.05) is 0 Å². The van der Waals surface area contributed by atoms with Crippen molar-refractivity contribution in [2.24, 2.45) is 7.05 Å². The van der Waals surface area contributed by atoms with Crippen molar-refractivity contribution in [2.45, 2.75) is 31.6 Å². The van der Waals surface area contributed by atoms with E-state index in [0.29, 0.717) is 5.92 Å². The van der Waals surface area contributed by atoms with Crippen LogP contribution in [0, 0.1) is 0 Å². The lowest BCUT2D eigenvalue weighted by Crippen LogP contribution is -2.01. The van der Waals surface area contributed by atoms with Gasteiger partial charge in [-0.3, -0.25) is 0 Å². The normalized spacial score (nSPS) is 18.8. The number of imidazole rings is 1. The number of hydrogen-bond donors (Lipinski definition) is 1. The quantitative estimate of drug-likeness (QED) is 0.690. The Bertz CT molecular complexity index is 274. The first-order chi connectivity index (χ1) is 5.77. The molecule has 0 aliphatic heterocycles. The van der Waals surface area contributed by atoms with Gasteiger partial charge in [0.1, 0.15) is 5.82 Å². The Hall–Kier alpha value is -0.990. The molecule has 3 nitrogen and oxygen atoms in total. The summed E-state index contributed by atoms with van der Waals surface area (Å²) in [5, 5.41) is 9.16. The second-order valence-electron chi connectivity index (χ2n) is 3.55. The van der Waals surface area contributed by atoms with E-state index < -0.39 is 0 Å². The fraction of sp³-hybridized carbons (Fsp3) is 0.667. The van der Waals surface area contributed by atoms with Gasteiger partial charge in [0.15, 0.2) is 0 Å². The van der Waals surface area contributed by atoms with Crippen molar-refractivity contribution in [3.8, 4) is 5.88 Å². The Morgan fingerprint density at radius 2 is 2.17 bits per heavy atom. The van der Waals surface area contributed by atoms with Crippen LogP contribution < -0.4 is 0 Å². The number of rotatable bonds is 1. The predicted molar refractivity (Wildman–Crippen MR) is 46.1 cm³/mol. The van der Waals surface area contributed by atoms with Crippen LogP contribution in [0.3, 0.4) is 0 Å². The molecule has 1 aliphatic carbocycles. The van der Waals surface area contributed by atoms with E-state index in [0.717, 1.165) is 5.82 Å². The smallest absolute Gasteiger partial charge is 0.229 e. The molecule has 1 N–H and O–H groups in total. The Labute approximate surface area is 72.0 Å². The van der Waals surface area contributed by atoms with Crippen LogP contribution in [0.2, 0.25) is 0 Å². The van der Waals surface area contributed by atoms with Gasteiger partial charge in [-0.05, 0) is 12.8 Å². The summed E-state index contributed by atoms with van der Waals surface area (Å²) in [6.07, 6.45) is 6.73. The average Bonchev–Trinajstić information content (AvgIpc) is 2.58. The first-order valence-corrected chi connectivity index (χ1v) is 4.49. The number of aryl methyl sites for hydroxylation is 1. The highest BCUT2D eigenvalue weighted by Crippen LogP contribution is 2.33. The molecule has 12 heavy (non-hydrogen) atoms. The maximum absolute atomic E-state index is 9.16. The molecule has 66 valence electrons. The number of nitrogens with zero attached hydrogens (tertiary/aromatic N) is 2. The standard InChI is InChI=1S/C9H14N2O/c1-11-6-8(12)10-9(11)7-4-2-3-5-7/h6-7,12H,2-5H2,1H3. The summed E-state index contributed by atoms with van der Waals surface area (Å²) in [6.45, 7) is 0. The lowest BCUT2D eigenvalue weighted by Gasteiger charge is -2.07. The molecular weight excluding hydrogens is 152 g/mol. The van der Waals surface area contributed by atoms with Crippen LogP contribution in [-0.4, -0.2) is 14.7 Å². The zero-order chi connectivity index (χ0) is 8.55. The molecule has 2 rings (SSSR count). The van der Waals surface area contributed by atoms with Crippen LogP contribution in [-0.2, 0) is 7.05 Å². The number of aromatic hydroxyl groups is 1. The van der Waals surface area contributed by atoms with Crippen LogP contribution >= 0.6 is 0 Å². The van der Waals surface area contributed by atoms with Gasteiger partial charge in [0, 0.05) is 13.0 Å². The summed E-state index contributed by atoms with van der Waals surface area (Å²) in [7, 11) is 1.94. The van der Waals surface area contributed by atoms with Gasteiger partial charge < -0.3 is 9.67 Å². The van der Waals surface area contributed by atoms with E-state index in [-0.39, 0.29) is 5.88 Å². The zero-order valence-electron chi connectivity index (χ0n) is 7.32. The molecule has 1 fully saturated rings. The van der Waals surface area contributed by atoms with E-state index in [9.17, 15) is 0 Å². The summed E-state index contributed by atoms with van der Waals surface area (Å²) in [5.41, 5.74) is 0. The Morgan fingerprint density at radius 1 is 1.50 bits per heavy atom. The second-order valence-corrected chi connectivity index (χ2v) is 3.55. The molecule has 0 amide bonds. The van der Waals surface area contributed by atoms with Crippen molar-refractivity contribution in [1.82, 2.24) is 9.55 Å². The van der Waals surface area contributed by atoms with Crippen molar-refractivity contribution in [3.05, 3.63) is 12.0 Å². The van der Waals surface area contributed by atoms with Crippen LogP contribution in [0.5, 0.6) is 5.88 Å². The lowest BCUT2D eigenvalue weighted by atomic mass is 10.1. The summed E-state index contributed by atoms with van der Waals surface area (Å²) in [5.74, 6) is 1.78. The molecule has 0 bridgehead atoms. The molecule has 0 radical (unpaired) electrons. The Balaban J connectivity index is 2.25. The second kappa shape index (κ2) is 2.81. The van der Waals surface area contributed by atoms with Crippen molar-refractivity contribution in [1.29, 1.82) is 0 Å². The SMILES string of the molecule is Cn1cc(O)nc1C1CCCC1. The maximum Gasteiger partial charge on any atom is 0.229 e. The Morgan fingerprint density at radius 3 is 2.67 bits per heavy atom. The van der Waals surface area contributed by atoms with Gasteiger partial charge in [-0.2, -0.15) is 4.98 Å². The van der Waals surface area contributed by atoms with E-state index in [1.807, 2.05) is 11.6 Å². The third-order valence-electron chi connectivity index (χ3n) is 2.62. The number of hydrogen-bond acceptors (Lipinski definition) is 2. The molecule has 1 aromatic rings. The van der Waals surface area contributed by atoms with Crippen LogP contribution in [0.25, 0.3) is 0 Å². The molecule has 0 aromatic carbocycles. The van der Waals surface area contributed by atoms with Gasteiger partial charge in [0.2, 0.25) is 5.88 Å². The van der Waals surface area contributed by atoms with E-state index in [2.05, 4.69) is 4.98 Å². The highest BCUT2D eigenvalue weighted by molar-refractivity contribution is 5.11. The topological polar surface area (TPSA) is 38.0 Å². The highest BCUT2D eigenvalue weighted by Gasteiger charge is 2.21. The molecular formula is C9H14N2O. The molecule has 1 aliphatic rings. The van der Waals surface area contributed by atoms with Gasteiger partial charge >= 0.3 is 0 Å². The van der Waals surface area contributed by atoms with E-state index in [1.165, 1.54) is 25.7 Å². The Kier molecular flexibility index (Phi) is 1.79. The van der Waals surface area contributed by atoms with Crippen molar-refractivity contribution >= 4 is 0 Å².